The predicted octanol–water partition coefficient (Wildman–Crippen LogP) is 4.33. The second-order valence-corrected chi connectivity index (χ2v) is 12.3. The maximum Gasteiger partial charge on any atom is 0.246 e. The first-order valence-electron chi connectivity index (χ1n) is 11.8. The van der Waals surface area contributed by atoms with E-state index in [0.29, 0.717) is 5.76 Å². The molecule has 1 aromatic carbocycles. The molecule has 1 amide bonds. The van der Waals surface area contributed by atoms with Gasteiger partial charge in [0, 0.05) is 6.04 Å². The van der Waals surface area contributed by atoms with Crippen molar-refractivity contribution in [1.29, 1.82) is 0 Å². The molecule has 4 fully saturated rings. The molecule has 4 aliphatic rings. The van der Waals surface area contributed by atoms with Gasteiger partial charge in [-0.1, -0.05) is 12.1 Å². The SMILES string of the molecule is C[C@H](NC(=O)CN(Cc1ccco1)S(=O)(=O)c1ccccc1F)C12CC3CC(CC(C3)C1)C2. The van der Waals surface area contributed by atoms with E-state index in [1.165, 1.54) is 43.7 Å². The number of rotatable bonds is 8. The van der Waals surface area contributed by atoms with Crippen molar-refractivity contribution in [2.75, 3.05) is 6.54 Å². The maximum atomic E-state index is 14.4. The Bertz CT molecular complexity index is 1080. The highest BCUT2D eigenvalue weighted by Gasteiger charge is 2.53. The highest BCUT2D eigenvalue weighted by Crippen LogP contribution is 2.61. The number of halogens is 1. The number of carbonyl (C=O) groups is 1. The Morgan fingerprint density at radius 3 is 2.33 bits per heavy atom. The third-order valence-electron chi connectivity index (χ3n) is 8.07. The minimum Gasteiger partial charge on any atom is -0.468 e. The summed E-state index contributed by atoms with van der Waals surface area (Å²) in [4.78, 5) is 12.7. The molecule has 178 valence electrons. The largest absolute Gasteiger partial charge is 0.468 e. The van der Waals surface area contributed by atoms with Gasteiger partial charge in [-0.15, -0.1) is 0 Å². The van der Waals surface area contributed by atoms with Gasteiger partial charge in [0.05, 0.1) is 19.4 Å². The van der Waals surface area contributed by atoms with Crippen LogP contribution in [0.15, 0.2) is 52.0 Å². The number of benzene rings is 1. The minimum absolute atomic E-state index is 0.0278. The normalized spacial score (nSPS) is 29.4. The average Bonchev–Trinajstić information content (AvgIpc) is 3.25. The Hall–Kier alpha value is -2.19. The van der Waals surface area contributed by atoms with Crippen LogP contribution in [0.2, 0.25) is 0 Å². The maximum absolute atomic E-state index is 14.4. The molecule has 1 atom stereocenters. The molecular weight excluding hydrogens is 443 g/mol. The standard InChI is InChI=1S/C25H31FN2O4S/c1-17(25-12-18-9-19(13-25)11-20(10-18)14-25)27-24(29)16-28(15-21-5-4-8-32-21)33(30,31)23-7-3-2-6-22(23)26/h2-8,17-20H,9-16H2,1H3,(H,27,29)/t17-,18?,19?,20?,25?/m0/s1. The zero-order chi connectivity index (χ0) is 23.2. The number of carbonyl (C=O) groups excluding carboxylic acids is 1. The third-order valence-corrected chi connectivity index (χ3v) is 9.89. The summed E-state index contributed by atoms with van der Waals surface area (Å²) < 4.78 is 47.3. The van der Waals surface area contributed by atoms with Crippen molar-refractivity contribution in [3.8, 4) is 0 Å². The highest BCUT2D eigenvalue weighted by molar-refractivity contribution is 7.89. The van der Waals surface area contributed by atoms with Crippen LogP contribution in [0.4, 0.5) is 4.39 Å². The monoisotopic (exact) mass is 474 g/mol. The Labute approximate surface area is 194 Å². The second kappa shape index (κ2) is 8.55. The molecule has 4 saturated carbocycles. The molecule has 4 aliphatic carbocycles. The van der Waals surface area contributed by atoms with Crippen LogP contribution in [-0.4, -0.2) is 31.2 Å². The number of nitrogens with one attached hydrogen (secondary N) is 1. The van der Waals surface area contributed by atoms with Crippen LogP contribution in [0.3, 0.4) is 0 Å². The second-order valence-electron chi connectivity index (χ2n) is 10.4. The third kappa shape index (κ3) is 4.35. The van der Waals surface area contributed by atoms with Gasteiger partial charge in [-0.2, -0.15) is 4.31 Å². The zero-order valence-corrected chi connectivity index (χ0v) is 19.7. The summed E-state index contributed by atoms with van der Waals surface area (Å²) in [6.07, 6.45) is 8.82. The quantitative estimate of drug-likeness (QED) is 0.618. The molecule has 33 heavy (non-hydrogen) atoms. The van der Waals surface area contributed by atoms with Crippen molar-refractivity contribution in [2.45, 2.75) is 62.9 Å². The van der Waals surface area contributed by atoms with Crippen LogP contribution in [0.1, 0.15) is 51.2 Å². The lowest BCUT2D eigenvalue weighted by molar-refractivity contribution is -0.126. The molecule has 1 aromatic heterocycles. The van der Waals surface area contributed by atoms with E-state index in [9.17, 15) is 17.6 Å². The van der Waals surface area contributed by atoms with Crippen LogP contribution in [0.5, 0.6) is 0 Å². The molecule has 0 saturated heterocycles. The molecule has 0 radical (unpaired) electrons. The molecule has 6 rings (SSSR count). The molecular formula is C25H31FN2O4S. The van der Waals surface area contributed by atoms with Gasteiger partial charge in [0.15, 0.2) is 0 Å². The first-order valence-corrected chi connectivity index (χ1v) is 13.3. The van der Waals surface area contributed by atoms with E-state index in [2.05, 4.69) is 12.2 Å². The summed E-state index contributed by atoms with van der Waals surface area (Å²) in [6, 6.07) is 8.49. The number of amides is 1. The molecule has 2 aromatic rings. The molecule has 6 nitrogen and oxygen atoms in total. The lowest BCUT2D eigenvalue weighted by Gasteiger charge is -2.59. The van der Waals surface area contributed by atoms with E-state index in [1.54, 1.807) is 12.1 Å². The number of furan rings is 1. The van der Waals surface area contributed by atoms with Crippen molar-refractivity contribution in [3.05, 3.63) is 54.2 Å². The Morgan fingerprint density at radius 2 is 1.76 bits per heavy atom. The van der Waals surface area contributed by atoms with E-state index in [1.807, 2.05) is 0 Å². The topological polar surface area (TPSA) is 79.6 Å². The number of hydrogen-bond donors (Lipinski definition) is 1. The van der Waals surface area contributed by atoms with Gasteiger partial charge in [-0.05, 0) is 92.9 Å². The van der Waals surface area contributed by atoms with Gasteiger partial charge in [0.2, 0.25) is 15.9 Å². The molecule has 1 N–H and O–H groups in total. The smallest absolute Gasteiger partial charge is 0.246 e. The highest BCUT2D eigenvalue weighted by atomic mass is 32.2. The molecule has 4 bridgehead atoms. The summed E-state index contributed by atoms with van der Waals surface area (Å²) >= 11 is 0. The van der Waals surface area contributed by atoms with E-state index >= 15 is 0 Å². The number of hydrogen-bond acceptors (Lipinski definition) is 4. The first kappa shape index (κ1) is 22.6. The Morgan fingerprint density at radius 1 is 1.12 bits per heavy atom. The lowest BCUT2D eigenvalue weighted by Crippen LogP contribution is -2.56. The molecule has 0 spiro atoms. The fraction of sp³-hybridized carbons (Fsp3) is 0.560. The fourth-order valence-electron chi connectivity index (χ4n) is 6.90. The molecule has 8 heteroatoms. The molecule has 0 aliphatic heterocycles. The van der Waals surface area contributed by atoms with Gasteiger partial charge in [-0.25, -0.2) is 12.8 Å². The summed E-state index contributed by atoms with van der Waals surface area (Å²) in [6.45, 7) is 1.52. The Balaban J connectivity index is 1.34. The van der Waals surface area contributed by atoms with E-state index in [-0.39, 0.29) is 23.9 Å². The summed E-state index contributed by atoms with van der Waals surface area (Å²) in [5, 5.41) is 3.12. The van der Waals surface area contributed by atoms with Gasteiger partial charge < -0.3 is 9.73 Å². The summed E-state index contributed by atoms with van der Waals surface area (Å²) in [5.41, 5.74) is 0.112. The van der Waals surface area contributed by atoms with Crippen LogP contribution >= 0.6 is 0 Å². The number of sulfonamides is 1. The number of nitrogens with zero attached hydrogens (tertiary/aromatic N) is 1. The van der Waals surface area contributed by atoms with Gasteiger partial charge in [-0.3, -0.25) is 4.79 Å². The summed E-state index contributed by atoms with van der Waals surface area (Å²) in [5.74, 6) is 1.44. The van der Waals surface area contributed by atoms with Crippen molar-refractivity contribution >= 4 is 15.9 Å². The van der Waals surface area contributed by atoms with Gasteiger partial charge >= 0.3 is 0 Å². The average molecular weight is 475 g/mol. The van der Waals surface area contributed by atoms with Crippen LogP contribution < -0.4 is 5.32 Å². The van der Waals surface area contributed by atoms with Gasteiger partial charge in [0.25, 0.3) is 0 Å². The predicted molar refractivity (Wildman–Crippen MR) is 121 cm³/mol. The van der Waals surface area contributed by atoms with Crippen LogP contribution in [-0.2, 0) is 21.4 Å². The van der Waals surface area contributed by atoms with Crippen LogP contribution in [0, 0.1) is 29.0 Å². The van der Waals surface area contributed by atoms with E-state index in [0.717, 1.165) is 47.4 Å². The van der Waals surface area contributed by atoms with E-state index < -0.39 is 27.3 Å². The molecule has 1 heterocycles. The zero-order valence-electron chi connectivity index (χ0n) is 18.9. The van der Waals surface area contributed by atoms with Crippen LogP contribution in [0.25, 0.3) is 0 Å². The minimum atomic E-state index is -4.25. The van der Waals surface area contributed by atoms with Crippen molar-refractivity contribution in [3.63, 3.8) is 0 Å². The van der Waals surface area contributed by atoms with Crippen molar-refractivity contribution in [1.82, 2.24) is 9.62 Å². The Kier molecular flexibility index (Phi) is 5.85. The summed E-state index contributed by atoms with van der Waals surface area (Å²) in [7, 11) is -4.25. The molecule has 0 unspecified atom stereocenters. The van der Waals surface area contributed by atoms with Crippen molar-refractivity contribution in [2.24, 2.45) is 23.2 Å². The van der Waals surface area contributed by atoms with Gasteiger partial charge in [0.1, 0.15) is 16.5 Å². The van der Waals surface area contributed by atoms with E-state index in [4.69, 9.17) is 4.42 Å². The fourth-order valence-corrected chi connectivity index (χ4v) is 8.33. The first-order chi connectivity index (χ1) is 15.7. The lowest BCUT2D eigenvalue weighted by atomic mass is 9.48. The van der Waals surface area contributed by atoms with Crippen molar-refractivity contribution < 1.29 is 22.0 Å².